The first kappa shape index (κ1) is 24.4. The SMILES string of the molecule is CN(CC#Cc1nc(N)c2ncn(C3OC(C(=O)NC4CC4)C(O)C3O)c2n1)C(=O)Oc1ccccc1. The van der Waals surface area contributed by atoms with Gasteiger partial charge in [-0.05, 0) is 30.9 Å². The van der Waals surface area contributed by atoms with E-state index in [0.29, 0.717) is 5.75 Å². The van der Waals surface area contributed by atoms with E-state index in [4.69, 9.17) is 15.2 Å². The number of nitrogens with two attached hydrogens (primary N) is 1. The first-order valence-corrected chi connectivity index (χ1v) is 11.6. The van der Waals surface area contributed by atoms with E-state index >= 15 is 0 Å². The number of fused-ring (bicyclic) bond motifs is 1. The second-order valence-corrected chi connectivity index (χ2v) is 8.81. The number of aliphatic hydroxyl groups is 2. The number of nitrogens with zero attached hydrogens (tertiary/aromatic N) is 5. The molecule has 2 fully saturated rings. The molecule has 2 aliphatic rings. The summed E-state index contributed by atoms with van der Waals surface area (Å²) in [5.74, 6) is 5.56. The number of hydrogen-bond acceptors (Lipinski definition) is 10. The zero-order valence-corrected chi connectivity index (χ0v) is 19.8. The summed E-state index contributed by atoms with van der Waals surface area (Å²) in [6, 6.07) is 8.72. The molecule has 1 saturated carbocycles. The predicted molar refractivity (Wildman–Crippen MR) is 129 cm³/mol. The van der Waals surface area contributed by atoms with Crippen LogP contribution in [0.15, 0.2) is 36.7 Å². The number of nitrogens with one attached hydrogen (secondary N) is 1. The summed E-state index contributed by atoms with van der Waals surface area (Å²) in [6.07, 6.45) is -2.74. The van der Waals surface area contributed by atoms with Crippen molar-refractivity contribution in [1.29, 1.82) is 0 Å². The number of aliphatic hydroxyl groups excluding tert-OH is 2. The first-order valence-electron chi connectivity index (χ1n) is 11.6. The summed E-state index contributed by atoms with van der Waals surface area (Å²) >= 11 is 0. The average molecular weight is 508 g/mol. The Morgan fingerprint density at radius 1 is 1.24 bits per heavy atom. The molecule has 1 aromatic carbocycles. The Bertz CT molecular complexity index is 1380. The zero-order chi connectivity index (χ0) is 26.1. The number of aromatic nitrogens is 4. The Balaban J connectivity index is 1.31. The number of amides is 2. The highest BCUT2D eigenvalue weighted by molar-refractivity contribution is 5.83. The van der Waals surface area contributed by atoms with Crippen LogP contribution in [0.2, 0.25) is 0 Å². The number of anilines is 1. The van der Waals surface area contributed by atoms with E-state index < -0.39 is 36.5 Å². The van der Waals surface area contributed by atoms with Gasteiger partial charge >= 0.3 is 6.09 Å². The van der Waals surface area contributed by atoms with Crippen molar-refractivity contribution >= 4 is 29.0 Å². The summed E-state index contributed by atoms with van der Waals surface area (Å²) in [5.41, 5.74) is 6.48. The van der Waals surface area contributed by atoms with Gasteiger partial charge in [-0.25, -0.2) is 19.7 Å². The van der Waals surface area contributed by atoms with Crippen molar-refractivity contribution in [3.05, 3.63) is 42.5 Å². The second kappa shape index (κ2) is 10.0. The Hall–Kier alpha value is -4.25. The number of benzene rings is 1. The van der Waals surface area contributed by atoms with Crippen molar-refractivity contribution in [3.8, 4) is 17.6 Å². The molecule has 3 heterocycles. The Morgan fingerprint density at radius 2 is 2.00 bits per heavy atom. The molecule has 1 saturated heterocycles. The van der Waals surface area contributed by atoms with Crippen LogP contribution in [0.3, 0.4) is 0 Å². The number of ether oxygens (including phenoxy) is 2. The first-order chi connectivity index (χ1) is 17.8. The largest absolute Gasteiger partial charge is 0.415 e. The minimum Gasteiger partial charge on any atom is -0.410 e. The van der Waals surface area contributed by atoms with Gasteiger partial charge in [0.05, 0.1) is 12.9 Å². The lowest BCUT2D eigenvalue weighted by Crippen LogP contribution is -2.43. The van der Waals surface area contributed by atoms with Crippen LogP contribution in [-0.2, 0) is 9.53 Å². The predicted octanol–water partition coefficient (Wildman–Crippen LogP) is -0.211. The molecule has 5 N–H and O–H groups in total. The maximum Gasteiger partial charge on any atom is 0.415 e. The Kier molecular flexibility index (Phi) is 6.62. The van der Waals surface area contributed by atoms with E-state index in [9.17, 15) is 19.8 Å². The standard InChI is InChI=1S/C24H25N7O6/c1-30(24(35)36-14-6-3-2-4-7-14)11-5-8-15-28-20(25)16-21(29-15)31(12-26-16)23-18(33)17(32)19(37-23)22(34)27-13-9-10-13/h2-4,6-7,12-13,17-19,23,32-33H,9-11H2,1H3,(H,27,34)(H2,25,28,29). The van der Waals surface area contributed by atoms with Crippen molar-refractivity contribution in [2.45, 2.75) is 43.4 Å². The van der Waals surface area contributed by atoms with Gasteiger partial charge in [-0.3, -0.25) is 14.3 Å². The number of rotatable bonds is 5. The summed E-state index contributed by atoms with van der Waals surface area (Å²) in [6.45, 7) is 0.0284. The fourth-order valence-electron chi connectivity index (χ4n) is 3.77. The number of nitrogen functional groups attached to an aromatic ring is 1. The molecule has 5 rings (SSSR count). The number of imidazole rings is 1. The van der Waals surface area contributed by atoms with E-state index in [1.54, 1.807) is 24.3 Å². The summed E-state index contributed by atoms with van der Waals surface area (Å²) in [4.78, 5) is 38.6. The molecular weight excluding hydrogens is 482 g/mol. The van der Waals surface area contributed by atoms with E-state index in [2.05, 4.69) is 32.1 Å². The molecule has 4 unspecified atom stereocenters. The van der Waals surface area contributed by atoms with Gasteiger partial charge in [0.15, 0.2) is 23.8 Å². The third-order valence-corrected chi connectivity index (χ3v) is 5.92. The molecule has 192 valence electrons. The molecular formula is C24H25N7O6. The van der Waals surface area contributed by atoms with Crippen molar-refractivity contribution in [2.24, 2.45) is 0 Å². The molecule has 2 amide bonds. The molecule has 0 radical (unpaired) electrons. The lowest BCUT2D eigenvalue weighted by Gasteiger charge is -2.16. The molecule has 3 aromatic rings. The van der Waals surface area contributed by atoms with Crippen LogP contribution in [0.25, 0.3) is 11.2 Å². The quantitative estimate of drug-likeness (QED) is 0.338. The number of carbonyl (C=O) groups excluding carboxylic acids is 2. The summed E-state index contributed by atoms with van der Waals surface area (Å²) in [7, 11) is 1.54. The van der Waals surface area contributed by atoms with Gasteiger partial charge in [-0.15, -0.1) is 0 Å². The van der Waals surface area contributed by atoms with Crippen LogP contribution in [0.5, 0.6) is 5.75 Å². The summed E-state index contributed by atoms with van der Waals surface area (Å²) in [5, 5.41) is 23.8. The molecule has 4 atom stereocenters. The van der Waals surface area contributed by atoms with Crippen LogP contribution >= 0.6 is 0 Å². The minimum atomic E-state index is -1.44. The number of hydrogen-bond donors (Lipinski definition) is 4. The molecule has 2 aromatic heterocycles. The molecule has 1 aliphatic carbocycles. The number of carbonyl (C=O) groups is 2. The molecule has 37 heavy (non-hydrogen) atoms. The smallest absolute Gasteiger partial charge is 0.410 e. The highest BCUT2D eigenvalue weighted by atomic mass is 16.6. The fourth-order valence-corrected chi connectivity index (χ4v) is 3.77. The average Bonchev–Trinajstić information content (AvgIpc) is 3.52. The van der Waals surface area contributed by atoms with Crippen LogP contribution in [0.1, 0.15) is 24.9 Å². The van der Waals surface area contributed by atoms with Crippen molar-refractivity contribution in [3.63, 3.8) is 0 Å². The zero-order valence-electron chi connectivity index (χ0n) is 19.8. The molecule has 0 bridgehead atoms. The highest BCUT2D eigenvalue weighted by Gasteiger charge is 2.48. The monoisotopic (exact) mass is 507 g/mol. The minimum absolute atomic E-state index is 0.0284. The lowest BCUT2D eigenvalue weighted by atomic mass is 10.1. The van der Waals surface area contributed by atoms with E-state index in [1.165, 1.54) is 22.8 Å². The topological polar surface area (TPSA) is 178 Å². The van der Waals surface area contributed by atoms with Gasteiger partial charge in [0, 0.05) is 13.1 Å². The number of para-hydroxylation sites is 1. The van der Waals surface area contributed by atoms with Gasteiger partial charge in [0.1, 0.15) is 23.5 Å². The van der Waals surface area contributed by atoms with Crippen LogP contribution in [0, 0.1) is 11.8 Å². The van der Waals surface area contributed by atoms with Crippen molar-refractivity contribution in [2.75, 3.05) is 19.3 Å². The maximum absolute atomic E-state index is 12.4. The van der Waals surface area contributed by atoms with E-state index in [1.807, 2.05) is 6.07 Å². The molecule has 13 nitrogen and oxygen atoms in total. The molecule has 1 aliphatic heterocycles. The highest BCUT2D eigenvalue weighted by Crippen LogP contribution is 2.33. The van der Waals surface area contributed by atoms with Crippen LogP contribution < -0.4 is 15.8 Å². The lowest BCUT2D eigenvalue weighted by molar-refractivity contribution is -0.137. The van der Waals surface area contributed by atoms with Gasteiger partial charge in [-0.2, -0.15) is 0 Å². The van der Waals surface area contributed by atoms with Gasteiger partial charge in [0.2, 0.25) is 5.82 Å². The van der Waals surface area contributed by atoms with Gasteiger partial charge < -0.3 is 30.7 Å². The Labute approximate surface area is 211 Å². The van der Waals surface area contributed by atoms with E-state index in [0.717, 1.165) is 12.8 Å². The Morgan fingerprint density at radius 3 is 2.73 bits per heavy atom. The van der Waals surface area contributed by atoms with Gasteiger partial charge in [-0.1, -0.05) is 24.1 Å². The van der Waals surface area contributed by atoms with Crippen molar-refractivity contribution in [1.82, 2.24) is 29.7 Å². The molecule has 13 heteroatoms. The second-order valence-electron chi connectivity index (χ2n) is 8.81. The van der Waals surface area contributed by atoms with Gasteiger partial charge in [0.25, 0.3) is 5.91 Å². The maximum atomic E-state index is 12.4. The third kappa shape index (κ3) is 5.17. The fraction of sp³-hybridized carbons (Fsp3) is 0.375. The van der Waals surface area contributed by atoms with E-state index in [-0.39, 0.29) is 35.4 Å². The molecule has 0 spiro atoms. The summed E-state index contributed by atoms with van der Waals surface area (Å²) < 4.78 is 12.3. The van der Waals surface area contributed by atoms with Crippen LogP contribution in [0.4, 0.5) is 10.6 Å². The van der Waals surface area contributed by atoms with Crippen molar-refractivity contribution < 1.29 is 29.3 Å². The van der Waals surface area contributed by atoms with Crippen LogP contribution in [-0.4, -0.2) is 84.6 Å². The third-order valence-electron chi connectivity index (χ3n) is 5.92. The normalized spacial score (nSPS) is 22.8.